The Morgan fingerprint density at radius 1 is 1.00 bits per heavy atom. The average Bonchev–Trinajstić information content (AvgIpc) is 3.36. The second-order valence-electron chi connectivity index (χ2n) is 7.88. The number of amides is 2. The van der Waals surface area contributed by atoms with Gasteiger partial charge in [-0.1, -0.05) is 35.5 Å². The lowest BCUT2D eigenvalue weighted by molar-refractivity contribution is 0.244. The molecule has 0 bridgehead atoms. The molecule has 35 heavy (non-hydrogen) atoms. The maximum atomic E-state index is 14.0. The smallest absolute Gasteiger partial charge is 0.327 e. The summed E-state index contributed by atoms with van der Waals surface area (Å²) in [7, 11) is 1.58. The van der Waals surface area contributed by atoms with E-state index in [0.717, 1.165) is 17.7 Å². The van der Waals surface area contributed by atoms with Crippen LogP contribution in [0.5, 0.6) is 5.75 Å². The van der Waals surface area contributed by atoms with Gasteiger partial charge in [0.15, 0.2) is 11.6 Å². The number of rotatable bonds is 5. The normalized spacial score (nSPS) is 15.8. The molecular weight excluding hydrogens is 454 g/mol. The van der Waals surface area contributed by atoms with Crippen molar-refractivity contribution < 1.29 is 22.8 Å². The largest absolute Gasteiger partial charge is 0.497 e. The third-order valence-corrected chi connectivity index (χ3v) is 5.78. The van der Waals surface area contributed by atoms with Crippen LogP contribution in [0.1, 0.15) is 24.4 Å². The van der Waals surface area contributed by atoms with E-state index < -0.39 is 23.7 Å². The zero-order valence-electron chi connectivity index (χ0n) is 18.8. The monoisotopic (exact) mass is 474 g/mol. The summed E-state index contributed by atoms with van der Waals surface area (Å²) >= 11 is 0. The fourth-order valence-corrected chi connectivity index (χ4v) is 4.04. The van der Waals surface area contributed by atoms with Crippen molar-refractivity contribution in [2.45, 2.75) is 13.0 Å². The highest BCUT2D eigenvalue weighted by atomic mass is 19.2. The lowest BCUT2D eigenvalue weighted by Crippen LogP contribution is -2.46. The van der Waals surface area contributed by atoms with Crippen molar-refractivity contribution in [3.63, 3.8) is 0 Å². The van der Waals surface area contributed by atoms with Crippen LogP contribution < -0.4 is 15.0 Å². The number of benzene rings is 3. The fourth-order valence-electron chi connectivity index (χ4n) is 4.04. The van der Waals surface area contributed by atoms with Crippen molar-refractivity contribution in [2.24, 2.45) is 0 Å². The fraction of sp³-hybridized carbons (Fsp3) is 0.115. The number of hydrogen-bond acceptors (Lipinski definition) is 5. The third kappa shape index (κ3) is 4.12. The number of nitrogens with zero attached hydrogens (tertiary/aromatic N) is 3. The molecular formula is C26H20F2N4O3. The highest BCUT2D eigenvalue weighted by Crippen LogP contribution is 2.39. The lowest BCUT2D eigenvalue weighted by atomic mass is 9.94. The second kappa shape index (κ2) is 9.02. The summed E-state index contributed by atoms with van der Waals surface area (Å²) in [5, 5.41) is 7.05. The van der Waals surface area contributed by atoms with Gasteiger partial charge in [0.25, 0.3) is 5.89 Å². The number of allylic oxidation sites excluding steroid dienone is 1. The minimum absolute atomic E-state index is 0.165. The number of carbonyl (C=O) groups is 1. The predicted molar refractivity (Wildman–Crippen MR) is 125 cm³/mol. The van der Waals surface area contributed by atoms with Crippen LogP contribution in [0.2, 0.25) is 0 Å². The summed E-state index contributed by atoms with van der Waals surface area (Å²) in [6.45, 7) is 1.70. The molecule has 2 amide bonds. The first-order chi connectivity index (χ1) is 17.0. The molecule has 1 atom stereocenters. The number of aromatic nitrogens is 2. The number of anilines is 1. The van der Waals surface area contributed by atoms with Crippen molar-refractivity contribution in [2.75, 3.05) is 12.0 Å². The number of methoxy groups -OCH3 is 1. The van der Waals surface area contributed by atoms with E-state index in [2.05, 4.69) is 15.5 Å². The molecule has 176 valence electrons. The van der Waals surface area contributed by atoms with E-state index in [-0.39, 0.29) is 11.6 Å². The maximum absolute atomic E-state index is 14.0. The Labute approximate surface area is 199 Å². The van der Waals surface area contributed by atoms with Crippen LogP contribution in [0.25, 0.3) is 17.0 Å². The molecule has 5 rings (SSSR count). The summed E-state index contributed by atoms with van der Waals surface area (Å²) in [6.07, 6.45) is 0. The van der Waals surface area contributed by atoms with Gasteiger partial charge >= 0.3 is 6.03 Å². The molecule has 1 aliphatic heterocycles. The van der Waals surface area contributed by atoms with Gasteiger partial charge in [-0.3, -0.25) is 4.90 Å². The number of carbonyl (C=O) groups excluding carboxylic acids is 1. The molecule has 0 aliphatic carbocycles. The molecule has 7 nitrogen and oxygen atoms in total. The van der Waals surface area contributed by atoms with Gasteiger partial charge in [-0.15, -0.1) is 0 Å². The highest BCUT2D eigenvalue weighted by molar-refractivity contribution is 6.01. The summed E-state index contributed by atoms with van der Waals surface area (Å²) in [5.74, 6) is -0.830. The van der Waals surface area contributed by atoms with Crippen LogP contribution in [0, 0.1) is 11.6 Å². The van der Waals surface area contributed by atoms with E-state index in [1.54, 1.807) is 38.3 Å². The van der Waals surface area contributed by atoms with Crippen LogP contribution in [0.3, 0.4) is 0 Å². The van der Waals surface area contributed by atoms with E-state index in [4.69, 9.17) is 9.26 Å². The van der Waals surface area contributed by atoms with Gasteiger partial charge in [0.2, 0.25) is 5.82 Å². The number of ether oxygens (including phenoxy) is 1. The van der Waals surface area contributed by atoms with Crippen LogP contribution in [-0.4, -0.2) is 23.3 Å². The molecule has 1 aliphatic rings. The summed E-state index contributed by atoms with van der Waals surface area (Å²) < 4.78 is 38.4. The number of hydrogen-bond donors (Lipinski definition) is 1. The van der Waals surface area contributed by atoms with E-state index in [1.165, 1.54) is 11.0 Å². The molecule has 0 radical (unpaired) electrons. The zero-order valence-corrected chi connectivity index (χ0v) is 18.8. The first-order valence-electron chi connectivity index (χ1n) is 10.8. The van der Waals surface area contributed by atoms with Gasteiger partial charge in [0.05, 0.1) is 24.4 Å². The predicted octanol–water partition coefficient (Wildman–Crippen LogP) is 5.73. The molecule has 1 unspecified atom stereocenters. The summed E-state index contributed by atoms with van der Waals surface area (Å²) in [4.78, 5) is 19.0. The SMILES string of the molecule is COc1ccc(-c2noc(C3=C(C)N(c4ccc(F)c(F)c4)C(=O)NC3c3ccccc3)n2)cc1. The van der Waals surface area contributed by atoms with Gasteiger partial charge in [-0.2, -0.15) is 4.98 Å². The molecule has 4 aromatic rings. The Kier molecular flexibility index (Phi) is 5.74. The van der Waals surface area contributed by atoms with E-state index in [1.807, 2.05) is 30.3 Å². The maximum Gasteiger partial charge on any atom is 0.327 e. The van der Waals surface area contributed by atoms with E-state index in [0.29, 0.717) is 28.4 Å². The Morgan fingerprint density at radius 2 is 1.74 bits per heavy atom. The molecule has 1 aromatic heterocycles. The van der Waals surface area contributed by atoms with Crippen LogP contribution in [0.4, 0.5) is 19.3 Å². The number of nitrogens with one attached hydrogen (secondary N) is 1. The van der Waals surface area contributed by atoms with Crippen LogP contribution in [0.15, 0.2) is 83.0 Å². The number of halogens is 2. The molecule has 2 heterocycles. The Morgan fingerprint density at radius 3 is 2.43 bits per heavy atom. The van der Waals surface area contributed by atoms with Crippen molar-refractivity contribution in [1.29, 1.82) is 0 Å². The lowest BCUT2D eigenvalue weighted by Gasteiger charge is -2.35. The number of urea groups is 1. The van der Waals surface area contributed by atoms with E-state index >= 15 is 0 Å². The molecule has 0 fully saturated rings. The van der Waals surface area contributed by atoms with Crippen molar-refractivity contribution in [1.82, 2.24) is 15.5 Å². The van der Waals surface area contributed by atoms with Crippen LogP contribution in [-0.2, 0) is 0 Å². The van der Waals surface area contributed by atoms with Crippen molar-refractivity contribution in [3.05, 3.63) is 102 Å². The first kappa shape index (κ1) is 22.3. The van der Waals surface area contributed by atoms with Gasteiger partial charge in [0, 0.05) is 17.3 Å². The van der Waals surface area contributed by atoms with Crippen LogP contribution >= 0.6 is 0 Å². The topological polar surface area (TPSA) is 80.5 Å². The summed E-state index contributed by atoms with van der Waals surface area (Å²) in [5.41, 5.74) is 2.65. The third-order valence-electron chi connectivity index (χ3n) is 5.78. The molecule has 0 saturated heterocycles. The van der Waals surface area contributed by atoms with E-state index in [9.17, 15) is 13.6 Å². The molecule has 9 heteroatoms. The van der Waals surface area contributed by atoms with Gasteiger partial charge in [-0.05, 0) is 48.9 Å². The first-order valence-corrected chi connectivity index (χ1v) is 10.8. The van der Waals surface area contributed by atoms with Gasteiger partial charge < -0.3 is 14.6 Å². The minimum Gasteiger partial charge on any atom is -0.497 e. The Hall–Kier alpha value is -4.53. The van der Waals surface area contributed by atoms with Gasteiger partial charge in [0.1, 0.15) is 5.75 Å². The second-order valence-corrected chi connectivity index (χ2v) is 7.88. The molecule has 1 N–H and O–H groups in total. The van der Waals surface area contributed by atoms with Crippen molar-refractivity contribution >= 4 is 17.3 Å². The molecule has 3 aromatic carbocycles. The quantitative estimate of drug-likeness (QED) is 0.400. The van der Waals surface area contributed by atoms with Gasteiger partial charge in [-0.25, -0.2) is 13.6 Å². The standard InChI is InChI=1S/C26H20F2N4O3/c1-15-22(25-30-24(31-35-25)17-8-11-19(34-2)12-9-17)23(16-6-4-3-5-7-16)29-26(33)32(15)18-10-13-20(27)21(28)14-18/h3-14,23H,1-2H3,(H,29,33). The molecule has 0 saturated carbocycles. The zero-order chi connectivity index (χ0) is 24.5. The average molecular weight is 474 g/mol. The highest BCUT2D eigenvalue weighted by Gasteiger charge is 2.36. The Balaban J connectivity index is 1.63. The Bertz CT molecular complexity index is 1420. The minimum atomic E-state index is -1.06. The summed E-state index contributed by atoms with van der Waals surface area (Å²) in [6, 6.07) is 18.7. The molecule has 0 spiro atoms. The van der Waals surface area contributed by atoms with Crippen molar-refractivity contribution in [3.8, 4) is 17.1 Å².